The van der Waals surface area contributed by atoms with E-state index in [1.165, 1.54) is 24.0 Å². The Labute approximate surface area is 128 Å². The Balaban J connectivity index is 1.97. The van der Waals surface area contributed by atoms with Crippen molar-refractivity contribution < 1.29 is 9.84 Å². The Morgan fingerprint density at radius 3 is 2.62 bits per heavy atom. The van der Waals surface area contributed by atoms with Crippen LogP contribution in [0.1, 0.15) is 51.7 Å². The van der Waals surface area contributed by atoms with Crippen molar-refractivity contribution >= 4 is 0 Å². The molecular formula is C18H29NO2. The molecule has 0 radical (unpaired) electrons. The van der Waals surface area contributed by atoms with Crippen LogP contribution in [0.3, 0.4) is 0 Å². The molecule has 1 aliphatic rings. The smallest absolute Gasteiger partial charge is 0.123 e. The monoisotopic (exact) mass is 291 g/mol. The van der Waals surface area contributed by atoms with Crippen molar-refractivity contribution in [2.45, 2.75) is 64.5 Å². The molecule has 1 atom stereocenters. The molecule has 3 heteroatoms. The van der Waals surface area contributed by atoms with Gasteiger partial charge < -0.3 is 15.2 Å². The summed E-state index contributed by atoms with van der Waals surface area (Å²) in [6.07, 6.45) is 3.04. The van der Waals surface area contributed by atoms with Crippen LogP contribution in [0.5, 0.6) is 5.75 Å². The second kappa shape index (κ2) is 6.80. The fourth-order valence-corrected chi connectivity index (χ4v) is 2.34. The quantitative estimate of drug-likeness (QED) is 0.811. The molecule has 0 amide bonds. The minimum atomic E-state index is -0.454. The topological polar surface area (TPSA) is 41.5 Å². The fraction of sp³-hybridized carbons (Fsp3) is 0.667. The predicted octanol–water partition coefficient (Wildman–Crippen LogP) is 3.04. The van der Waals surface area contributed by atoms with Gasteiger partial charge in [0, 0.05) is 12.6 Å². The zero-order valence-electron chi connectivity index (χ0n) is 13.8. The zero-order chi connectivity index (χ0) is 15.5. The summed E-state index contributed by atoms with van der Waals surface area (Å²) in [7, 11) is 0. The number of aliphatic hydroxyl groups is 1. The predicted molar refractivity (Wildman–Crippen MR) is 87.0 cm³/mol. The Morgan fingerprint density at radius 2 is 2.05 bits per heavy atom. The van der Waals surface area contributed by atoms with Gasteiger partial charge in [0.25, 0.3) is 0 Å². The van der Waals surface area contributed by atoms with Gasteiger partial charge in [-0.25, -0.2) is 0 Å². The number of benzene rings is 1. The molecular weight excluding hydrogens is 262 g/mol. The first kappa shape index (κ1) is 16.3. The van der Waals surface area contributed by atoms with Gasteiger partial charge in [0.05, 0.1) is 0 Å². The fourth-order valence-electron chi connectivity index (χ4n) is 2.34. The van der Waals surface area contributed by atoms with Crippen LogP contribution in [0.2, 0.25) is 0 Å². The number of hydrogen-bond acceptors (Lipinski definition) is 3. The highest BCUT2D eigenvalue weighted by atomic mass is 16.5. The van der Waals surface area contributed by atoms with Crippen LogP contribution in [0, 0.1) is 0 Å². The lowest BCUT2D eigenvalue weighted by Gasteiger charge is -2.24. The number of rotatable bonds is 7. The van der Waals surface area contributed by atoms with E-state index in [1.807, 2.05) is 6.07 Å². The molecule has 1 saturated carbocycles. The number of aliphatic hydroxyl groups excluding tert-OH is 1. The van der Waals surface area contributed by atoms with E-state index in [0.717, 1.165) is 12.2 Å². The van der Waals surface area contributed by atoms with E-state index >= 15 is 0 Å². The summed E-state index contributed by atoms with van der Waals surface area (Å²) in [5.41, 5.74) is 2.57. The van der Waals surface area contributed by atoms with Crippen molar-refractivity contribution in [1.29, 1.82) is 0 Å². The van der Waals surface area contributed by atoms with E-state index < -0.39 is 6.10 Å². The average molecular weight is 291 g/mol. The molecule has 2 N–H and O–H groups in total. The second-order valence-corrected chi connectivity index (χ2v) is 7.08. The highest BCUT2D eigenvalue weighted by molar-refractivity contribution is 5.41. The van der Waals surface area contributed by atoms with E-state index in [4.69, 9.17) is 4.74 Å². The lowest BCUT2D eigenvalue weighted by molar-refractivity contribution is 0.105. The van der Waals surface area contributed by atoms with Crippen molar-refractivity contribution in [3.63, 3.8) is 0 Å². The van der Waals surface area contributed by atoms with Crippen LogP contribution in [-0.4, -0.2) is 30.4 Å². The average Bonchev–Trinajstić information content (AvgIpc) is 3.26. The van der Waals surface area contributed by atoms with Crippen molar-refractivity contribution in [3.05, 3.63) is 29.3 Å². The summed E-state index contributed by atoms with van der Waals surface area (Å²) >= 11 is 0. The Morgan fingerprint density at radius 1 is 1.33 bits per heavy atom. The number of aryl methyl sites for hydroxylation is 1. The molecule has 2 rings (SSSR count). The van der Waals surface area contributed by atoms with Gasteiger partial charge in [-0.15, -0.1) is 0 Å². The molecule has 0 saturated heterocycles. The molecule has 1 aliphatic carbocycles. The van der Waals surface area contributed by atoms with Gasteiger partial charge in [-0.05, 0) is 41.9 Å². The molecule has 1 aromatic carbocycles. The van der Waals surface area contributed by atoms with E-state index in [0.29, 0.717) is 19.2 Å². The van der Waals surface area contributed by atoms with Crippen LogP contribution in [0.15, 0.2) is 18.2 Å². The molecule has 1 aromatic rings. The van der Waals surface area contributed by atoms with Crippen LogP contribution < -0.4 is 10.1 Å². The van der Waals surface area contributed by atoms with E-state index in [9.17, 15) is 5.11 Å². The van der Waals surface area contributed by atoms with Gasteiger partial charge in [0.2, 0.25) is 0 Å². The summed E-state index contributed by atoms with van der Waals surface area (Å²) in [5, 5.41) is 13.3. The Hall–Kier alpha value is -1.06. The van der Waals surface area contributed by atoms with Crippen LogP contribution in [0.4, 0.5) is 0 Å². The molecule has 0 bridgehead atoms. The molecule has 0 aliphatic heterocycles. The molecule has 21 heavy (non-hydrogen) atoms. The van der Waals surface area contributed by atoms with Gasteiger partial charge in [-0.1, -0.05) is 39.8 Å². The maximum Gasteiger partial charge on any atom is 0.123 e. The van der Waals surface area contributed by atoms with E-state index in [-0.39, 0.29) is 5.41 Å². The highest BCUT2D eigenvalue weighted by Crippen LogP contribution is 2.32. The summed E-state index contributed by atoms with van der Waals surface area (Å²) in [5.74, 6) is 0.894. The van der Waals surface area contributed by atoms with E-state index in [2.05, 4.69) is 45.1 Å². The molecule has 1 unspecified atom stereocenters. The second-order valence-electron chi connectivity index (χ2n) is 7.08. The van der Waals surface area contributed by atoms with Gasteiger partial charge in [-0.3, -0.25) is 0 Å². The van der Waals surface area contributed by atoms with Crippen molar-refractivity contribution in [2.75, 3.05) is 13.2 Å². The van der Waals surface area contributed by atoms with Crippen molar-refractivity contribution in [3.8, 4) is 5.75 Å². The minimum absolute atomic E-state index is 0.0394. The summed E-state index contributed by atoms with van der Waals surface area (Å²) in [6, 6.07) is 7.00. The Bertz CT molecular complexity index is 461. The summed E-state index contributed by atoms with van der Waals surface area (Å²) in [4.78, 5) is 0. The third-order valence-electron chi connectivity index (χ3n) is 3.91. The first-order valence-corrected chi connectivity index (χ1v) is 8.07. The van der Waals surface area contributed by atoms with E-state index in [1.54, 1.807) is 0 Å². The third kappa shape index (κ3) is 5.01. The molecule has 0 spiro atoms. The molecule has 0 heterocycles. The Kier molecular flexibility index (Phi) is 5.28. The largest absolute Gasteiger partial charge is 0.491 e. The normalized spacial score (nSPS) is 16.8. The molecule has 3 nitrogen and oxygen atoms in total. The lowest BCUT2D eigenvalue weighted by atomic mass is 9.85. The maximum atomic E-state index is 9.99. The first-order valence-electron chi connectivity index (χ1n) is 8.07. The van der Waals surface area contributed by atoms with Gasteiger partial charge in [0.1, 0.15) is 18.5 Å². The minimum Gasteiger partial charge on any atom is -0.491 e. The van der Waals surface area contributed by atoms with Crippen molar-refractivity contribution in [2.24, 2.45) is 0 Å². The number of nitrogens with one attached hydrogen (secondary N) is 1. The lowest BCUT2D eigenvalue weighted by Crippen LogP contribution is -2.32. The highest BCUT2D eigenvalue weighted by Gasteiger charge is 2.22. The SMILES string of the molecule is CCc1ccc(OCC(O)CNC2CC2)c(C(C)(C)C)c1. The van der Waals surface area contributed by atoms with Crippen LogP contribution >= 0.6 is 0 Å². The van der Waals surface area contributed by atoms with Crippen LogP contribution in [-0.2, 0) is 11.8 Å². The third-order valence-corrected chi connectivity index (χ3v) is 3.91. The number of hydrogen-bond donors (Lipinski definition) is 2. The summed E-state index contributed by atoms with van der Waals surface area (Å²) < 4.78 is 5.89. The standard InChI is InChI=1S/C18H29NO2/c1-5-13-6-9-17(16(10-13)18(2,3)4)21-12-15(20)11-19-14-7-8-14/h6,9-10,14-15,19-20H,5,7-8,11-12H2,1-4H3. The van der Waals surface area contributed by atoms with Crippen LogP contribution in [0.25, 0.3) is 0 Å². The molecule has 0 aromatic heterocycles. The first-order chi connectivity index (χ1) is 9.90. The van der Waals surface area contributed by atoms with Gasteiger partial charge >= 0.3 is 0 Å². The zero-order valence-corrected chi connectivity index (χ0v) is 13.8. The molecule has 1 fully saturated rings. The molecule has 118 valence electrons. The van der Waals surface area contributed by atoms with Gasteiger partial charge in [-0.2, -0.15) is 0 Å². The maximum absolute atomic E-state index is 9.99. The van der Waals surface area contributed by atoms with Gasteiger partial charge in [0.15, 0.2) is 0 Å². The number of ether oxygens (including phenoxy) is 1. The summed E-state index contributed by atoms with van der Waals surface area (Å²) in [6.45, 7) is 9.70. The van der Waals surface area contributed by atoms with Crippen molar-refractivity contribution in [1.82, 2.24) is 5.32 Å².